The average molecular weight is 198 g/mol. The van der Waals surface area contributed by atoms with Crippen LogP contribution >= 0.6 is 0 Å². The van der Waals surface area contributed by atoms with Crippen molar-refractivity contribution in [1.29, 1.82) is 0 Å². The standard InChI is InChI=1S/C10H18N2O2/c13-10(12-7-5-11-6-8-12)14-9-3-1-2-4-9/h9,11H,1-8H2. The van der Waals surface area contributed by atoms with E-state index in [-0.39, 0.29) is 12.2 Å². The maximum absolute atomic E-state index is 11.6. The first-order valence-electron chi connectivity index (χ1n) is 5.52. The summed E-state index contributed by atoms with van der Waals surface area (Å²) in [5.74, 6) is 0. The van der Waals surface area contributed by atoms with Crippen molar-refractivity contribution in [3.8, 4) is 0 Å². The summed E-state index contributed by atoms with van der Waals surface area (Å²) in [7, 11) is 0. The van der Waals surface area contributed by atoms with Crippen molar-refractivity contribution < 1.29 is 9.53 Å². The fraction of sp³-hybridized carbons (Fsp3) is 0.900. The summed E-state index contributed by atoms with van der Waals surface area (Å²) in [4.78, 5) is 13.4. The lowest BCUT2D eigenvalue weighted by atomic mass is 10.3. The number of amides is 1. The number of nitrogens with zero attached hydrogens (tertiary/aromatic N) is 1. The largest absolute Gasteiger partial charge is 0.446 e. The lowest BCUT2D eigenvalue weighted by molar-refractivity contribution is 0.0621. The number of carbonyl (C=O) groups is 1. The maximum atomic E-state index is 11.6. The third-order valence-corrected chi connectivity index (χ3v) is 2.94. The zero-order valence-electron chi connectivity index (χ0n) is 8.50. The normalized spacial score (nSPS) is 23.9. The molecule has 1 aliphatic heterocycles. The summed E-state index contributed by atoms with van der Waals surface area (Å²) in [6.07, 6.45) is 4.60. The van der Waals surface area contributed by atoms with Gasteiger partial charge in [0.25, 0.3) is 0 Å². The van der Waals surface area contributed by atoms with E-state index in [0.29, 0.717) is 0 Å². The molecule has 0 atom stereocenters. The molecule has 1 aliphatic carbocycles. The van der Waals surface area contributed by atoms with Gasteiger partial charge in [-0.3, -0.25) is 0 Å². The monoisotopic (exact) mass is 198 g/mol. The van der Waals surface area contributed by atoms with Crippen LogP contribution in [0.1, 0.15) is 25.7 Å². The second kappa shape index (κ2) is 4.64. The van der Waals surface area contributed by atoms with Crippen molar-refractivity contribution in [3.63, 3.8) is 0 Å². The van der Waals surface area contributed by atoms with Crippen LogP contribution in [-0.2, 0) is 4.74 Å². The van der Waals surface area contributed by atoms with Gasteiger partial charge in [0.2, 0.25) is 0 Å². The molecule has 14 heavy (non-hydrogen) atoms. The molecule has 2 aliphatic rings. The van der Waals surface area contributed by atoms with Crippen molar-refractivity contribution in [2.75, 3.05) is 26.2 Å². The van der Waals surface area contributed by atoms with E-state index in [1.807, 2.05) is 0 Å². The molecular formula is C10H18N2O2. The van der Waals surface area contributed by atoms with Gasteiger partial charge in [-0.25, -0.2) is 4.79 Å². The molecule has 4 nitrogen and oxygen atoms in total. The Balaban J connectivity index is 1.75. The number of hydrogen-bond donors (Lipinski definition) is 1. The lowest BCUT2D eigenvalue weighted by Crippen LogP contribution is -2.47. The minimum atomic E-state index is -0.113. The van der Waals surface area contributed by atoms with Crippen molar-refractivity contribution in [2.24, 2.45) is 0 Å². The zero-order chi connectivity index (χ0) is 9.80. The van der Waals surface area contributed by atoms with Gasteiger partial charge in [0.05, 0.1) is 0 Å². The summed E-state index contributed by atoms with van der Waals surface area (Å²) < 4.78 is 5.41. The van der Waals surface area contributed by atoms with Crippen LogP contribution in [0.3, 0.4) is 0 Å². The minimum absolute atomic E-state index is 0.113. The molecule has 1 saturated carbocycles. The summed E-state index contributed by atoms with van der Waals surface area (Å²) in [5.41, 5.74) is 0. The smallest absolute Gasteiger partial charge is 0.410 e. The van der Waals surface area contributed by atoms with Gasteiger partial charge in [0.1, 0.15) is 6.10 Å². The van der Waals surface area contributed by atoms with Crippen molar-refractivity contribution in [2.45, 2.75) is 31.8 Å². The predicted molar refractivity (Wildman–Crippen MR) is 53.2 cm³/mol. The molecule has 0 unspecified atom stereocenters. The Kier molecular flexibility index (Phi) is 3.24. The molecule has 0 aromatic rings. The van der Waals surface area contributed by atoms with E-state index < -0.39 is 0 Å². The van der Waals surface area contributed by atoms with E-state index in [1.165, 1.54) is 12.8 Å². The van der Waals surface area contributed by atoms with Gasteiger partial charge in [0.15, 0.2) is 0 Å². The lowest BCUT2D eigenvalue weighted by Gasteiger charge is -2.27. The molecule has 0 bridgehead atoms. The Morgan fingerprint density at radius 3 is 2.50 bits per heavy atom. The van der Waals surface area contributed by atoms with Crippen molar-refractivity contribution in [1.82, 2.24) is 10.2 Å². The molecule has 1 saturated heterocycles. The minimum Gasteiger partial charge on any atom is -0.446 e. The van der Waals surface area contributed by atoms with E-state index in [1.54, 1.807) is 4.90 Å². The first kappa shape index (κ1) is 9.77. The summed E-state index contributed by atoms with van der Waals surface area (Å²) in [5, 5.41) is 3.21. The molecule has 2 fully saturated rings. The van der Waals surface area contributed by atoms with Crippen LogP contribution in [0.25, 0.3) is 0 Å². The Morgan fingerprint density at radius 2 is 1.86 bits per heavy atom. The van der Waals surface area contributed by atoms with E-state index >= 15 is 0 Å². The molecule has 1 heterocycles. The second-order valence-electron chi connectivity index (χ2n) is 4.03. The SMILES string of the molecule is O=C(OC1CCCC1)N1CCNCC1. The highest BCUT2D eigenvalue weighted by atomic mass is 16.6. The van der Waals surface area contributed by atoms with Crippen LogP contribution in [-0.4, -0.2) is 43.3 Å². The van der Waals surface area contributed by atoms with Crippen LogP contribution in [0.4, 0.5) is 4.79 Å². The van der Waals surface area contributed by atoms with Crippen LogP contribution in [0.2, 0.25) is 0 Å². The molecule has 0 radical (unpaired) electrons. The van der Waals surface area contributed by atoms with E-state index in [9.17, 15) is 4.79 Å². The van der Waals surface area contributed by atoms with Gasteiger partial charge in [-0.2, -0.15) is 0 Å². The summed E-state index contributed by atoms with van der Waals surface area (Å²) >= 11 is 0. The number of ether oxygens (including phenoxy) is 1. The van der Waals surface area contributed by atoms with Gasteiger partial charge in [-0.15, -0.1) is 0 Å². The van der Waals surface area contributed by atoms with Crippen molar-refractivity contribution >= 4 is 6.09 Å². The zero-order valence-corrected chi connectivity index (χ0v) is 8.50. The third-order valence-electron chi connectivity index (χ3n) is 2.94. The molecule has 4 heteroatoms. The Morgan fingerprint density at radius 1 is 1.21 bits per heavy atom. The highest BCUT2D eigenvalue weighted by Gasteiger charge is 2.23. The number of piperazine rings is 1. The van der Waals surface area contributed by atoms with Gasteiger partial charge >= 0.3 is 6.09 Å². The number of carbonyl (C=O) groups excluding carboxylic acids is 1. The van der Waals surface area contributed by atoms with Gasteiger partial charge in [-0.1, -0.05) is 0 Å². The summed E-state index contributed by atoms with van der Waals surface area (Å²) in [6.45, 7) is 3.34. The fourth-order valence-corrected chi connectivity index (χ4v) is 2.07. The Hall–Kier alpha value is -0.770. The fourth-order valence-electron chi connectivity index (χ4n) is 2.07. The topological polar surface area (TPSA) is 41.6 Å². The van der Waals surface area contributed by atoms with E-state index in [4.69, 9.17) is 4.74 Å². The molecular weight excluding hydrogens is 180 g/mol. The Bertz CT molecular complexity index is 196. The Labute approximate surface area is 84.6 Å². The van der Waals surface area contributed by atoms with E-state index in [2.05, 4.69) is 5.32 Å². The molecule has 80 valence electrons. The third kappa shape index (κ3) is 2.38. The number of rotatable bonds is 1. The van der Waals surface area contributed by atoms with Gasteiger partial charge in [-0.05, 0) is 25.7 Å². The second-order valence-corrected chi connectivity index (χ2v) is 4.03. The maximum Gasteiger partial charge on any atom is 0.410 e. The molecule has 1 amide bonds. The molecule has 0 aromatic heterocycles. The average Bonchev–Trinajstić information content (AvgIpc) is 2.72. The molecule has 0 aromatic carbocycles. The van der Waals surface area contributed by atoms with Crippen LogP contribution < -0.4 is 5.32 Å². The van der Waals surface area contributed by atoms with Gasteiger partial charge in [0, 0.05) is 26.2 Å². The first-order chi connectivity index (χ1) is 6.86. The van der Waals surface area contributed by atoms with Crippen LogP contribution in [0, 0.1) is 0 Å². The number of hydrogen-bond acceptors (Lipinski definition) is 3. The molecule has 2 rings (SSSR count). The highest BCUT2D eigenvalue weighted by Crippen LogP contribution is 2.21. The van der Waals surface area contributed by atoms with Gasteiger partial charge < -0.3 is 15.0 Å². The predicted octanol–water partition coefficient (Wildman–Crippen LogP) is 0.971. The van der Waals surface area contributed by atoms with Crippen LogP contribution in [0.15, 0.2) is 0 Å². The highest BCUT2D eigenvalue weighted by molar-refractivity contribution is 5.68. The van der Waals surface area contributed by atoms with Crippen LogP contribution in [0.5, 0.6) is 0 Å². The van der Waals surface area contributed by atoms with E-state index in [0.717, 1.165) is 39.0 Å². The molecule has 0 spiro atoms. The number of nitrogens with one attached hydrogen (secondary N) is 1. The quantitative estimate of drug-likeness (QED) is 0.682. The first-order valence-corrected chi connectivity index (χ1v) is 5.52. The molecule has 1 N–H and O–H groups in total. The summed E-state index contributed by atoms with van der Waals surface area (Å²) in [6, 6.07) is 0. The van der Waals surface area contributed by atoms with Crippen molar-refractivity contribution in [3.05, 3.63) is 0 Å².